The summed E-state index contributed by atoms with van der Waals surface area (Å²) >= 11 is 0. The molecule has 4 amide bonds. The minimum Gasteiger partial charge on any atom is -0.355 e. The van der Waals surface area contributed by atoms with Crippen molar-refractivity contribution in [2.45, 2.75) is 26.3 Å². The first kappa shape index (κ1) is 19.9. The Bertz CT molecular complexity index is 819. The van der Waals surface area contributed by atoms with Gasteiger partial charge in [-0.15, -0.1) is 0 Å². The lowest BCUT2D eigenvalue weighted by Crippen LogP contribution is -2.45. The summed E-state index contributed by atoms with van der Waals surface area (Å²) in [5.74, 6) is -0.441. The van der Waals surface area contributed by atoms with Crippen LogP contribution in [0.4, 0.5) is 9.18 Å². The van der Waals surface area contributed by atoms with Gasteiger partial charge < -0.3 is 15.5 Å². The van der Waals surface area contributed by atoms with E-state index in [0.29, 0.717) is 29.3 Å². The number of carbonyl (C=O) groups is 3. The van der Waals surface area contributed by atoms with Crippen molar-refractivity contribution in [3.63, 3.8) is 0 Å². The second-order valence-corrected chi connectivity index (χ2v) is 7.55. The van der Waals surface area contributed by atoms with Gasteiger partial charge in [-0.2, -0.15) is 0 Å². The van der Waals surface area contributed by atoms with Gasteiger partial charge in [-0.05, 0) is 30.0 Å². The number of rotatable bonds is 6. The number of hydrogen-bond acceptors (Lipinski definition) is 3. The van der Waals surface area contributed by atoms with E-state index in [0.717, 1.165) is 6.42 Å². The molecule has 2 aliphatic heterocycles. The summed E-state index contributed by atoms with van der Waals surface area (Å²) in [4.78, 5) is 40.4. The molecule has 0 bridgehead atoms. The molecule has 8 heteroatoms. The van der Waals surface area contributed by atoms with Crippen LogP contribution in [0, 0.1) is 11.7 Å². The molecule has 0 aliphatic carbocycles. The first-order valence-corrected chi connectivity index (χ1v) is 9.36. The molecule has 1 unspecified atom stereocenters. The van der Waals surface area contributed by atoms with Crippen molar-refractivity contribution >= 4 is 17.8 Å². The highest BCUT2D eigenvalue weighted by atomic mass is 19.1. The quantitative estimate of drug-likeness (QED) is 0.779. The summed E-state index contributed by atoms with van der Waals surface area (Å²) < 4.78 is 13.3. The third kappa shape index (κ3) is 4.00. The number of carbonyl (C=O) groups excluding carboxylic acids is 3. The van der Waals surface area contributed by atoms with Crippen LogP contribution in [0.2, 0.25) is 0 Å². The van der Waals surface area contributed by atoms with Gasteiger partial charge in [0, 0.05) is 13.6 Å². The standard InChI is InChI=1S/C20H25FN4O3/c1-12(2)8-9-22-16(26)11-25-10-15-17(19(25)27)18(23-20(28)24(15)3)13-4-6-14(21)7-5-13/h4-7,12,18H,8-11H2,1-3H3,(H,22,26)(H,23,28). The summed E-state index contributed by atoms with van der Waals surface area (Å²) in [6.45, 7) is 4.83. The molecule has 0 aromatic heterocycles. The van der Waals surface area contributed by atoms with E-state index in [4.69, 9.17) is 0 Å². The summed E-state index contributed by atoms with van der Waals surface area (Å²) in [6.07, 6.45) is 0.863. The zero-order chi connectivity index (χ0) is 20.4. The number of nitrogens with one attached hydrogen (secondary N) is 2. The van der Waals surface area contributed by atoms with Gasteiger partial charge in [-0.1, -0.05) is 26.0 Å². The average molecular weight is 388 g/mol. The highest BCUT2D eigenvalue weighted by molar-refractivity contribution is 6.02. The van der Waals surface area contributed by atoms with Crippen molar-refractivity contribution in [2.75, 3.05) is 26.7 Å². The molecule has 2 aliphatic rings. The third-order valence-corrected chi connectivity index (χ3v) is 5.02. The number of hydrogen-bond donors (Lipinski definition) is 2. The minimum atomic E-state index is -0.666. The van der Waals surface area contributed by atoms with Crippen molar-refractivity contribution in [3.05, 3.63) is 46.9 Å². The molecule has 7 nitrogen and oxygen atoms in total. The van der Waals surface area contributed by atoms with Crippen molar-refractivity contribution in [1.82, 2.24) is 20.4 Å². The van der Waals surface area contributed by atoms with Gasteiger partial charge in [0.25, 0.3) is 5.91 Å². The predicted molar refractivity (Wildman–Crippen MR) is 102 cm³/mol. The van der Waals surface area contributed by atoms with Gasteiger partial charge in [-0.3, -0.25) is 14.5 Å². The minimum absolute atomic E-state index is 0.0674. The third-order valence-electron chi connectivity index (χ3n) is 5.02. The fourth-order valence-corrected chi connectivity index (χ4v) is 3.39. The van der Waals surface area contributed by atoms with Crippen molar-refractivity contribution < 1.29 is 18.8 Å². The summed E-state index contributed by atoms with van der Waals surface area (Å²) in [7, 11) is 1.59. The summed E-state index contributed by atoms with van der Waals surface area (Å²) in [5, 5.41) is 5.61. The fourth-order valence-electron chi connectivity index (χ4n) is 3.39. The lowest BCUT2D eigenvalue weighted by Gasteiger charge is -2.31. The monoisotopic (exact) mass is 388 g/mol. The zero-order valence-corrected chi connectivity index (χ0v) is 16.3. The van der Waals surface area contributed by atoms with Gasteiger partial charge in [0.15, 0.2) is 0 Å². The molecule has 0 radical (unpaired) electrons. The topological polar surface area (TPSA) is 81.8 Å². The molecule has 0 saturated heterocycles. The van der Waals surface area contributed by atoms with Crippen LogP contribution >= 0.6 is 0 Å². The molecular weight excluding hydrogens is 363 g/mol. The molecular formula is C20H25FN4O3. The van der Waals surface area contributed by atoms with Crippen molar-refractivity contribution in [3.8, 4) is 0 Å². The Morgan fingerprint density at radius 1 is 1.29 bits per heavy atom. The van der Waals surface area contributed by atoms with E-state index >= 15 is 0 Å². The second-order valence-electron chi connectivity index (χ2n) is 7.55. The molecule has 150 valence electrons. The maximum absolute atomic E-state index is 13.3. The van der Waals surface area contributed by atoms with Crippen LogP contribution in [0.15, 0.2) is 35.5 Å². The SMILES string of the molecule is CC(C)CCNC(=O)CN1CC2=C(C1=O)C(c1ccc(F)cc1)NC(=O)N2C. The number of benzene rings is 1. The van der Waals surface area contributed by atoms with Crippen molar-refractivity contribution in [1.29, 1.82) is 0 Å². The molecule has 3 rings (SSSR count). The van der Waals surface area contributed by atoms with E-state index in [2.05, 4.69) is 24.5 Å². The molecule has 2 heterocycles. The van der Waals surface area contributed by atoms with E-state index in [-0.39, 0.29) is 30.9 Å². The van der Waals surface area contributed by atoms with E-state index in [1.165, 1.54) is 21.9 Å². The largest absolute Gasteiger partial charge is 0.355 e. The Balaban J connectivity index is 1.76. The van der Waals surface area contributed by atoms with Gasteiger partial charge in [0.05, 0.1) is 23.9 Å². The Morgan fingerprint density at radius 3 is 2.61 bits per heavy atom. The van der Waals surface area contributed by atoms with Crippen LogP contribution in [-0.4, -0.2) is 54.3 Å². The predicted octanol–water partition coefficient (Wildman–Crippen LogP) is 1.78. The molecule has 2 N–H and O–H groups in total. The maximum Gasteiger partial charge on any atom is 0.322 e. The van der Waals surface area contributed by atoms with Crippen LogP contribution < -0.4 is 10.6 Å². The van der Waals surface area contributed by atoms with Gasteiger partial charge in [0.2, 0.25) is 5.91 Å². The number of amides is 4. The van der Waals surface area contributed by atoms with Crippen LogP contribution in [0.1, 0.15) is 31.9 Å². The Morgan fingerprint density at radius 2 is 1.96 bits per heavy atom. The van der Waals surface area contributed by atoms with Crippen LogP contribution in [0.3, 0.4) is 0 Å². The zero-order valence-electron chi connectivity index (χ0n) is 16.3. The molecule has 0 saturated carbocycles. The highest BCUT2D eigenvalue weighted by Gasteiger charge is 2.43. The van der Waals surface area contributed by atoms with Crippen LogP contribution in [0.5, 0.6) is 0 Å². The number of likely N-dealkylation sites (N-methyl/N-ethyl adjacent to an activating group) is 1. The Hall–Kier alpha value is -2.90. The molecule has 0 spiro atoms. The van der Waals surface area contributed by atoms with Crippen molar-refractivity contribution in [2.24, 2.45) is 5.92 Å². The fraction of sp³-hybridized carbons (Fsp3) is 0.450. The smallest absolute Gasteiger partial charge is 0.322 e. The summed E-state index contributed by atoms with van der Waals surface area (Å²) in [5.41, 5.74) is 1.61. The van der Waals surface area contributed by atoms with Crippen LogP contribution in [-0.2, 0) is 9.59 Å². The lowest BCUT2D eigenvalue weighted by molar-refractivity contribution is -0.131. The summed E-state index contributed by atoms with van der Waals surface area (Å²) in [6, 6.07) is 4.67. The van der Waals surface area contributed by atoms with E-state index in [1.54, 1.807) is 19.2 Å². The second kappa shape index (κ2) is 8.00. The Kier molecular flexibility index (Phi) is 5.67. The van der Waals surface area contributed by atoms with E-state index in [9.17, 15) is 18.8 Å². The molecule has 1 aromatic rings. The average Bonchev–Trinajstić information content (AvgIpc) is 2.95. The molecule has 1 aromatic carbocycles. The van der Waals surface area contributed by atoms with E-state index < -0.39 is 11.9 Å². The molecule has 28 heavy (non-hydrogen) atoms. The molecule has 1 atom stereocenters. The highest BCUT2D eigenvalue weighted by Crippen LogP contribution is 2.35. The number of nitrogens with zero attached hydrogens (tertiary/aromatic N) is 2. The first-order chi connectivity index (χ1) is 13.3. The van der Waals surface area contributed by atoms with Crippen LogP contribution in [0.25, 0.3) is 0 Å². The normalized spacial score (nSPS) is 19.2. The van der Waals surface area contributed by atoms with Gasteiger partial charge >= 0.3 is 6.03 Å². The molecule has 0 fully saturated rings. The lowest BCUT2D eigenvalue weighted by atomic mass is 9.96. The van der Waals surface area contributed by atoms with Gasteiger partial charge in [0.1, 0.15) is 12.4 Å². The van der Waals surface area contributed by atoms with Gasteiger partial charge in [-0.25, -0.2) is 9.18 Å². The first-order valence-electron chi connectivity index (χ1n) is 9.36. The Labute approximate surface area is 163 Å². The number of halogens is 1. The van der Waals surface area contributed by atoms with E-state index in [1.807, 2.05) is 0 Å². The number of urea groups is 1. The maximum atomic E-state index is 13.3.